The van der Waals surface area contributed by atoms with Gasteiger partial charge in [-0.05, 0) is 23.3 Å². The molecule has 2 heterocycles. The van der Waals surface area contributed by atoms with E-state index in [4.69, 9.17) is 0 Å². The lowest BCUT2D eigenvalue weighted by Gasteiger charge is -2.17. The van der Waals surface area contributed by atoms with Gasteiger partial charge in [-0.1, -0.05) is 13.8 Å². The summed E-state index contributed by atoms with van der Waals surface area (Å²) in [6.07, 6.45) is 5.12. The summed E-state index contributed by atoms with van der Waals surface area (Å²) in [4.78, 5) is 12.4. The zero-order valence-electron chi connectivity index (χ0n) is 12.9. The van der Waals surface area contributed by atoms with E-state index >= 15 is 0 Å². The molecule has 1 amide bonds. The van der Waals surface area contributed by atoms with E-state index in [0.717, 1.165) is 25.2 Å². The summed E-state index contributed by atoms with van der Waals surface area (Å²) in [7, 11) is 1.91. The summed E-state index contributed by atoms with van der Waals surface area (Å²) in [5.41, 5.74) is 1.58. The van der Waals surface area contributed by atoms with Crippen LogP contribution < -0.4 is 10.6 Å². The number of carbonyl (C=O) groups is 1. The maximum atomic E-state index is 12.4. The summed E-state index contributed by atoms with van der Waals surface area (Å²) in [6.45, 7) is 6.97. The van der Waals surface area contributed by atoms with Crippen LogP contribution in [0.5, 0.6) is 0 Å². The summed E-state index contributed by atoms with van der Waals surface area (Å²) in [5.74, 6) is 1.11. The van der Waals surface area contributed by atoms with Crippen molar-refractivity contribution in [3.05, 3.63) is 18.0 Å². The fourth-order valence-electron chi connectivity index (χ4n) is 3.22. The maximum absolute atomic E-state index is 12.4. The Morgan fingerprint density at radius 1 is 1.52 bits per heavy atom. The van der Waals surface area contributed by atoms with Gasteiger partial charge in [0.2, 0.25) is 5.91 Å². The van der Waals surface area contributed by atoms with Gasteiger partial charge in [-0.2, -0.15) is 5.10 Å². The van der Waals surface area contributed by atoms with Crippen LogP contribution in [0, 0.1) is 17.3 Å². The second-order valence-electron chi connectivity index (χ2n) is 6.95. The van der Waals surface area contributed by atoms with Crippen molar-refractivity contribution in [3.63, 3.8) is 0 Å². The van der Waals surface area contributed by atoms with Gasteiger partial charge in [0, 0.05) is 38.8 Å². The van der Waals surface area contributed by atoms with E-state index in [2.05, 4.69) is 29.6 Å². The fourth-order valence-corrected chi connectivity index (χ4v) is 3.22. The Hall–Kier alpha value is -1.07. The molecule has 2 N–H and O–H groups in total. The third kappa shape index (κ3) is 3.40. The molecule has 0 aromatic carbocycles. The van der Waals surface area contributed by atoms with Gasteiger partial charge in [0.1, 0.15) is 0 Å². The maximum Gasteiger partial charge on any atom is 0.225 e. The minimum atomic E-state index is 0. The van der Waals surface area contributed by atoms with E-state index in [1.165, 1.54) is 6.42 Å². The Balaban J connectivity index is 0.00000161. The quantitative estimate of drug-likeness (QED) is 0.881. The summed E-state index contributed by atoms with van der Waals surface area (Å²) in [6, 6.07) is 0. The lowest BCUT2D eigenvalue weighted by Crippen LogP contribution is -2.35. The van der Waals surface area contributed by atoms with Crippen LogP contribution >= 0.6 is 12.4 Å². The number of hydrogen-bond acceptors (Lipinski definition) is 3. The van der Waals surface area contributed by atoms with Crippen molar-refractivity contribution in [2.75, 3.05) is 19.6 Å². The lowest BCUT2D eigenvalue weighted by atomic mass is 9.90. The monoisotopic (exact) mass is 312 g/mol. The van der Waals surface area contributed by atoms with E-state index in [1.807, 2.05) is 19.4 Å². The molecule has 1 unspecified atom stereocenters. The van der Waals surface area contributed by atoms with Gasteiger partial charge in [-0.3, -0.25) is 9.48 Å². The number of nitrogens with one attached hydrogen (secondary N) is 2. The van der Waals surface area contributed by atoms with Gasteiger partial charge in [-0.25, -0.2) is 0 Å². The highest BCUT2D eigenvalue weighted by Gasteiger charge is 2.45. The number of amides is 1. The third-order valence-electron chi connectivity index (χ3n) is 4.94. The van der Waals surface area contributed by atoms with Gasteiger partial charge in [0.25, 0.3) is 0 Å². The topological polar surface area (TPSA) is 59.0 Å². The predicted molar refractivity (Wildman–Crippen MR) is 84.5 cm³/mol. The summed E-state index contributed by atoms with van der Waals surface area (Å²) in [5, 5.41) is 10.7. The first-order chi connectivity index (χ1) is 9.47. The lowest BCUT2D eigenvalue weighted by molar-refractivity contribution is -0.124. The second-order valence-corrected chi connectivity index (χ2v) is 6.95. The first-order valence-electron chi connectivity index (χ1n) is 7.44. The van der Waals surface area contributed by atoms with Crippen LogP contribution in [0.15, 0.2) is 12.4 Å². The number of hydrogen-bond donors (Lipinski definition) is 2. The largest absolute Gasteiger partial charge is 0.356 e. The standard InChI is InChI=1S/C15H24N4O.ClH/c1-15(2)4-11(15)6-17-14(20)13-8-16-7-12(13)10-5-18-19(3)9-10;/h5,9,11-13,16H,4,6-8H2,1-3H3,(H,17,20);1H/t11?,12-,13+;/m1./s1. The predicted octanol–water partition coefficient (Wildman–Crippen LogP) is 1.31. The molecule has 0 bridgehead atoms. The van der Waals surface area contributed by atoms with Crippen LogP contribution in [-0.4, -0.2) is 35.3 Å². The van der Waals surface area contributed by atoms with E-state index < -0.39 is 0 Å². The minimum Gasteiger partial charge on any atom is -0.356 e. The molecular formula is C15H25ClN4O. The number of aryl methyl sites for hydroxylation is 1. The molecule has 1 saturated heterocycles. The summed E-state index contributed by atoms with van der Waals surface area (Å²) < 4.78 is 1.80. The highest BCUT2D eigenvalue weighted by molar-refractivity contribution is 5.85. The number of nitrogens with zero attached hydrogens (tertiary/aromatic N) is 2. The number of aromatic nitrogens is 2. The highest BCUT2D eigenvalue weighted by Crippen LogP contribution is 2.51. The zero-order chi connectivity index (χ0) is 14.3. The molecule has 1 aliphatic heterocycles. The van der Waals surface area contributed by atoms with Crippen molar-refractivity contribution >= 4 is 18.3 Å². The smallest absolute Gasteiger partial charge is 0.225 e. The number of halogens is 1. The Bertz CT molecular complexity index is 514. The summed E-state index contributed by atoms with van der Waals surface area (Å²) >= 11 is 0. The first-order valence-corrected chi connectivity index (χ1v) is 7.44. The zero-order valence-corrected chi connectivity index (χ0v) is 13.7. The minimum absolute atomic E-state index is 0. The van der Waals surface area contributed by atoms with Crippen LogP contribution in [0.4, 0.5) is 0 Å². The molecule has 2 aliphatic rings. The molecule has 0 spiro atoms. The molecule has 0 radical (unpaired) electrons. The van der Waals surface area contributed by atoms with Crippen LogP contribution in [0.3, 0.4) is 0 Å². The van der Waals surface area contributed by atoms with Crippen molar-refractivity contribution in [1.29, 1.82) is 0 Å². The number of rotatable bonds is 4. The fraction of sp³-hybridized carbons (Fsp3) is 0.733. The van der Waals surface area contributed by atoms with Crippen molar-refractivity contribution in [2.24, 2.45) is 24.3 Å². The molecule has 3 rings (SSSR count). The Morgan fingerprint density at radius 3 is 2.81 bits per heavy atom. The Morgan fingerprint density at radius 2 is 2.24 bits per heavy atom. The molecule has 1 aromatic heterocycles. The Kier molecular flexibility index (Phi) is 4.63. The molecule has 1 aliphatic carbocycles. The SMILES string of the molecule is Cl.Cn1cc([C@H]2CNC[C@@H]2C(=O)NCC2CC2(C)C)cn1. The molecule has 21 heavy (non-hydrogen) atoms. The third-order valence-corrected chi connectivity index (χ3v) is 4.94. The van der Waals surface area contributed by atoms with Crippen LogP contribution in [-0.2, 0) is 11.8 Å². The van der Waals surface area contributed by atoms with Gasteiger partial charge in [0.05, 0.1) is 12.1 Å². The molecule has 1 saturated carbocycles. The van der Waals surface area contributed by atoms with Crippen LogP contribution in [0.25, 0.3) is 0 Å². The van der Waals surface area contributed by atoms with Crippen molar-refractivity contribution in [1.82, 2.24) is 20.4 Å². The van der Waals surface area contributed by atoms with Crippen molar-refractivity contribution in [2.45, 2.75) is 26.2 Å². The van der Waals surface area contributed by atoms with Crippen LogP contribution in [0.2, 0.25) is 0 Å². The van der Waals surface area contributed by atoms with Crippen molar-refractivity contribution < 1.29 is 4.79 Å². The molecular weight excluding hydrogens is 288 g/mol. The van der Waals surface area contributed by atoms with E-state index in [-0.39, 0.29) is 30.2 Å². The molecule has 2 fully saturated rings. The molecule has 5 nitrogen and oxygen atoms in total. The highest BCUT2D eigenvalue weighted by atomic mass is 35.5. The van der Waals surface area contributed by atoms with E-state index in [0.29, 0.717) is 11.3 Å². The first kappa shape index (κ1) is 16.3. The molecule has 1 aromatic rings. The number of carbonyl (C=O) groups excluding carboxylic acids is 1. The van der Waals surface area contributed by atoms with Gasteiger partial charge < -0.3 is 10.6 Å². The van der Waals surface area contributed by atoms with Crippen molar-refractivity contribution in [3.8, 4) is 0 Å². The normalized spacial score (nSPS) is 29.8. The second kappa shape index (κ2) is 5.97. The van der Waals surface area contributed by atoms with E-state index in [9.17, 15) is 4.79 Å². The average Bonchev–Trinajstić information content (AvgIpc) is 2.79. The Labute approximate surface area is 132 Å². The molecule has 118 valence electrons. The van der Waals surface area contributed by atoms with Gasteiger partial charge in [-0.15, -0.1) is 12.4 Å². The molecule has 6 heteroatoms. The van der Waals surface area contributed by atoms with Gasteiger partial charge >= 0.3 is 0 Å². The molecule has 3 atom stereocenters. The van der Waals surface area contributed by atoms with Gasteiger partial charge in [0.15, 0.2) is 0 Å². The van der Waals surface area contributed by atoms with E-state index in [1.54, 1.807) is 4.68 Å². The average molecular weight is 313 g/mol. The van der Waals surface area contributed by atoms with Crippen LogP contribution in [0.1, 0.15) is 31.7 Å².